The molecule has 1 aromatic carbocycles. The first-order valence-corrected chi connectivity index (χ1v) is 7.51. The Hall–Kier alpha value is -0.690. The van der Waals surface area contributed by atoms with Gasteiger partial charge in [0.2, 0.25) is 5.91 Å². The minimum atomic E-state index is -0.433. The molecular weight excluding hydrogens is 361 g/mol. The van der Waals surface area contributed by atoms with Gasteiger partial charge >= 0.3 is 0 Å². The molecule has 1 fully saturated rings. The summed E-state index contributed by atoms with van der Waals surface area (Å²) in [5, 5.41) is 5.91. The van der Waals surface area contributed by atoms with Crippen molar-refractivity contribution in [2.24, 2.45) is 0 Å². The van der Waals surface area contributed by atoms with Gasteiger partial charge in [0.05, 0.1) is 12.2 Å². The predicted molar refractivity (Wildman–Crippen MR) is 88.5 cm³/mol. The maximum atomic E-state index is 13.6. The molecule has 1 saturated heterocycles. The molecule has 21 heavy (non-hydrogen) atoms. The first-order valence-electron chi connectivity index (χ1n) is 6.72. The largest absolute Gasteiger partial charge is 0.322 e. The molecule has 1 heterocycles. The number of anilines is 1. The lowest BCUT2D eigenvalue weighted by molar-refractivity contribution is -0.117. The van der Waals surface area contributed by atoms with Gasteiger partial charge in [-0.25, -0.2) is 4.39 Å². The van der Waals surface area contributed by atoms with Crippen LogP contribution in [0, 0.1) is 5.82 Å². The third-order valence-electron chi connectivity index (χ3n) is 3.53. The highest BCUT2D eigenvalue weighted by Crippen LogP contribution is 2.19. The van der Waals surface area contributed by atoms with Crippen LogP contribution in [0.4, 0.5) is 10.1 Å². The van der Waals surface area contributed by atoms with Crippen molar-refractivity contribution in [2.45, 2.75) is 18.9 Å². The van der Waals surface area contributed by atoms with Crippen LogP contribution in [0.1, 0.15) is 12.8 Å². The summed E-state index contributed by atoms with van der Waals surface area (Å²) in [5.41, 5.74) is 0.219. The summed E-state index contributed by atoms with van der Waals surface area (Å²) in [5.74, 6) is -0.621. The number of nitrogens with one attached hydrogen (secondary N) is 2. The fraction of sp³-hybridized carbons (Fsp3) is 0.500. The molecule has 0 spiro atoms. The molecule has 0 radical (unpaired) electrons. The Bertz CT molecular complexity index is 483. The van der Waals surface area contributed by atoms with Crippen LogP contribution >= 0.6 is 28.3 Å². The second-order valence-electron chi connectivity index (χ2n) is 5.07. The number of halogens is 3. The Kier molecular flexibility index (Phi) is 7.59. The number of carbonyl (C=O) groups excluding carboxylic acids is 1. The second-order valence-corrected chi connectivity index (χ2v) is 5.98. The van der Waals surface area contributed by atoms with Gasteiger partial charge in [0.1, 0.15) is 5.82 Å². The van der Waals surface area contributed by atoms with Crippen molar-refractivity contribution in [3.63, 3.8) is 0 Å². The summed E-state index contributed by atoms with van der Waals surface area (Å²) in [6.07, 6.45) is 2.08. The van der Waals surface area contributed by atoms with Gasteiger partial charge in [-0.15, -0.1) is 12.4 Å². The standard InChI is InChI=1S/C14H19BrFN3O.ClH/c1-19(11-4-6-17-7-5-11)9-14(20)18-13-3-2-10(15)8-12(13)16;/h2-3,8,11,17H,4-7,9H2,1H3,(H,18,20);1H. The van der Waals surface area contributed by atoms with Crippen LogP contribution in [0.3, 0.4) is 0 Å². The molecule has 1 aliphatic heterocycles. The topological polar surface area (TPSA) is 44.4 Å². The van der Waals surface area contributed by atoms with E-state index in [2.05, 4.69) is 26.6 Å². The highest BCUT2D eigenvalue weighted by atomic mass is 79.9. The van der Waals surface area contributed by atoms with Crippen LogP contribution in [0.15, 0.2) is 22.7 Å². The molecule has 0 aromatic heterocycles. The molecule has 0 atom stereocenters. The van der Waals surface area contributed by atoms with Gasteiger partial charge in [-0.2, -0.15) is 0 Å². The van der Waals surface area contributed by atoms with Crippen LogP contribution in [0.2, 0.25) is 0 Å². The molecule has 0 bridgehead atoms. The minimum absolute atomic E-state index is 0. The third-order valence-corrected chi connectivity index (χ3v) is 4.02. The SMILES string of the molecule is CN(CC(=O)Nc1ccc(Br)cc1F)C1CCNCC1.Cl. The molecule has 2 rings (SSSR count). The number of hydrogen-bond donors (Lipinski definition) is 2. The van der Waals surface area contributed by atoms with Crippen molar-refractivity contribution in [2.75, 3.05) is 32.0 Å². The first-order chi connectivity index (χ1) is 9.56. The van der Waals surface area contributed by atoms with Gasteiger partial charge in [0.15, 0.2) is 0 Å². The predicted octanol–water partition coefficient (Wildman–Crippen LogP) is 2.63. The Morgan fingerprint density at radius 2 is 2.14 bits per heavy atom. The highest BCUT2D eigenvalue weighted by Gasteiger charge is 2.19. The molecule has 118 valence electrons. The zero-order chi connectivity index (χ0) is 14.5. The van der Waals surface area contributed by atoms with Crippen LogP contribution < -0.4 is 10.6 Å². The van der Waals surface area contributed by atoms with Gasteiger partial charge in [0.25, 0.3) is 0 Å². The zero-order valence-corrected chi connectivity index (χ0v) is 14.3. The molecule has 7 heteroatoms. The average Bonchev–Trinajstić information content (AvgIpc) is 2.43. The molecule has 0 unspecified atom stereocenters. The van der Waals surface area contributed by atoms with E-state index in [1.165, 1.54) is 6.07 Å². The molecule has 1 amide bonds. The summed E-state index contributed by atoms with van der Waals surface area (Å²) in [6, 6.07) is 5.01. The van der Waals surface area contributed by atoms with Crippen molar-refractivity contribution < 1.29 is 9.18 Å². The smallest absolute Gasteiger partial charge is 0.238 e. The third kappa shape index (κ3) is 5.54. The number of hydrogen-bond acceptors (Lipinski definition) is 3. The van der Waals surface area contributed by atoms with Crippen molar-refractivity contribution in [3.8, 4) is 0 Å². The van der Waals surface area contributed by atoms with Crippen molar-refractivity contribution in [1.29, 1.82) is 0 Å². The maximum absolute atomic E-state index is 13.6. The van der Waals surface area contributed by atoms with Crippen LogP contribution in [0.5, 0.6) is 0 Å². The van der Waals surface area contributed by atoms with E-state index in [0.29, 0.717) is 10.5 Å². The lowest BCUT2D eigenvalue weighted by Gasteiger charge is -2.31. The molecule has 1 aromatic rings. The quantitative estimate of drug-likeness (QED) is 0.844. The van der Waals surface area contributed by atoms with Crippen LogP contribution in [-0.4, -0.2) is 43.5 Å². The van der Waals surface area contributed by atoms with Crippen molar-refractivity contribution in [1.82, 2.24) is 10.2 Å². The zero-order valence-electron chi connectivity index (χ0n) is 11.9. The Morgan fingerprint density at radius 3 is 2.76 bits per heavy atom. The number of nitrogens with zero attached hydrogens (tertiary/aromatic N) is 1. The maximum Gasteiger partial charge on any atom is 0.238 e. The summed E-state index contributed by atoms with van der Waals surface area (Å²) in [6.45, 7) is 2.25. The van der Waals surface area contributed by atoms with E-state index in [1.54, 1.807) is 12.1 Å². The normalized spacial score (nSPS) is 15.6. The van der Waals surface area contributed by atoms with E-state index >= 15 is 0 Å². The lowest BCUT2D eigenvalue weighted by Crippen LogP contribution is -2.44. The number of piperidine rings is 1. The van der Waals surface area contributed by atoms with E-state index in [4.69, 9.17) is 0 Å². The number of likely N-dealkylation sites (N-methyl/N-ethyl adjacent to an activating group) is 1. The van der Waals surface area contributed by atoms with Crippen molar-refractivity contribution >= 4 is 39.9 Å². The summed E-state index contributed by atoms with van der Waals surface area (Å²) in [4.78, 5) is 14.0. The van der Waals surface area contributed by atoms with Crippen LogP contribution in [-0.2, 0) is 4.79 Å². The van der Waals surface area contributed by atoms with E-state index in [1.807, 2.05) is 11.9 Å². The molecular formula is C14H20BrClFN3O. The van der Waals surface area contributed by atoms with E-state index in [0.717, 1.165) is 25.9 Å². The number of rotatable bonds is 4. The van der Waals surface area contributed by atoms with Gasteiger partial charge in [-0.05, 0) is 51.2 Å². The van der Waals surface area contributed by atoms with Gasteiger partial charge in [-0.1, -0.05) is 15.9 Å². The van der Waals surface area contributed by atoms with Gasteiger partial charge in [-0.3, -0.25) is 9.69 Å². The van der Waals surface area contributed by atoms with E-state index in [9.17, 15) is 9.18 Å². The highest BCUT2D eigenvalue weighted by molar-refractivity contribution is 9.10. The fourth-order valence-electron chi connectivity index (χ4n) is 2.38. The Labute approximate surface area is 139 Å². The molecule has 2 N–H and O–H groups in total. The molecule has 0 aliphatic carbocycles. The summed E-state index contributed by atoms with van der Waals surface area (Å²) in [7, 11) is 1.94. The average molecular weight is 381 g/mol. The first kappa shape index (κ1) is 18.4. The number of carbonyl (C=O) groups is 1. The van der Waals surface area contributed by atoms with Crippen molar-refractivity contribution in [3.05, 3.63) is 28.5 Å². The monoisotopic (exact) mass is 379 g/mol. The Morgan fingerprint density at radius 1 is 1.48 bits per heavy atom. The molecule has 1 aliphatic rings. The van der Waals surface area contributed by atoms with E-state index in [-0.39, 0.29) is 30.5 Å². The van der Waals surface area contributed by atoms with E-state index < -0.39 is 5.82 Å². The fourth-order valence-corrected chi connectivity index (χ4v) is 2.72. The van der Waals surface area contributed by atoms with Gasteiger partial charge in [0, 0.05) is 10.5 Å². The summed E-state index contributed by atoms with van der Waals surface area (Å²) < 4.78 is 14.3. The molecule has 4 nitrogen and oxygen atoms in total. The summed E-state index contributed by atoms with van der Waals surface area (Å²) >= 11 is 3.19. The van der Waals surface area contributed by atoms with Gasteiger partial charge < -0.3 is 10.6 Å². The second kappa shape index (κ2) is 8.68. The minimum Gasteiger partial charge on any atom is -0.322 e. The molecule has 0 saturated carbocycles. The Balaban J connectivity index is 0.00000220. The number of benzene rings is 1. The number of amides is 1. The van der Waals surface area contributed by atoms with Crippen LogP contribution in [0.25, 0.3) is 0 Å². The lowest BCUT2D eigenvalue weighted by atomic mass is 10.1.